The molecular weight excluding hydrogens is 160 g/mol. The lowest BCUT2D eigenvalue weighted by Crippen LogP contribution is -1.97. The summed E-state index contributed by atoms with van der Waals surface area (Å²) in [5.74, 6) is 0. The zero-order chi connectivity index (χ0) is 9.26. The van der Waals surface area contributed by atoms with Gasteiger partial charge in [-0.3, -0.25) is 4.98 Å². The fourth-order valence-corrected chi connectivity index (χ4v) is 1.89. The summed E-state index contributed by atoms with van der Waals surface area (Å²) in [5.41, 5.74) is 4.74. The van der Waals surface area contributed by atoms with Crippen molar-refractivity contribution in [2.24, 2.45) is 0 Å². The van der Waals surface area contributed by atoms with Gasteiger partial charge in [0, 0.05) is 11.4 Å². The van der Waals surface area contributed by atoms with Crippen molar-refractivity contribution in [2.75, 3.05) is 0 Å². The number of hydrogen-bond acceptors (Lipinski definition) is 2. The van der Waals surface area contributed by atoms with Gasteiger partial charge >= 0.3 is 0 Å². The number of pyridine rings is 1. The second kappa shape index (κ2) is 3.18. The highest BCUT2D eigenvalue weighted by atomic mass is 14.7. The molecule has 0 aromatic carbocycles. The van der Waals surface area contributed by atoms with Crippen LogP contribution >= 0.6 is 0 Å². The molecule has 0 fully saturated rings. The summed E-state index contributed by atoms with van der Waals surface area (Å²) in [5, 5.41) is 8.61. The van der Waals surface area contributed by atoms with E-state index in [0.717, 1.165) is 24.1 Å². The first-order chi connectivity index (χ1) is 6.31. The van der Waals surface area contributed by atoms with E-state index in [-0.39, 0.29) is 0 Å². The van der Waals surface area contributed by atoms with Gasteiger partial charge in [0.1, 0.15) is 0 Å². The lowest BCUT2D eigenvalue weighted by atomic mass is 10.1. The van der Waals surface area contributed by atoms with E-state index in [4.69, 9.17) is 5.26 Å². The Kier molecular flexibility index (Phi) is 2.02. The number of rotatable bonds is 1. The van der Waals surface area contributed by atoms with E-state index in [1.807, 2.05) is 6.92 Å². The lowest BCUT2D eigenvalue weighted by molar-refractivity contribution is 0.896. The van der Waals surface area contributed by atoms with Crippen LogP contribution in [0.3, 0.4) is 0 Å². The molecule has 0 saturated heterocycles. The van der Waals surface area contributed by atoms with Crippen molar-refractivity contribution in [3.63, 3.8) is 0 Å². The van der Waals surface area contributed by atoms with E-state index < -0.39 is 0 Å². The molecule has 1 aromatic rings. The number of nitrogens with zero attached hydrogens (tertiary/aromatic N) is 2. The largest absolute Gasteiger partial charge is 0.258 e. The van der Waals surface area contributed by atoms with Gasteiger partial charge in [-0.05, 0) is 37.3 Å². The summed E-state index contributed by atoms with van der Waals surface area (Å²) in [7, 11) is 0. The van der Waals surface area contributed by atoms with Gasteiger partial charge in [-0.1, -0.05) is 6.07 Å². The molecule has 0 aliphatic heterocycles. The van der Waals surface area contributed by atoms with Gasteiger partial charge in [0.15, 0.2) is 0 Å². The van der Waals surface area contributed by atoms with Crippen LogP contribution in [-0.4, -0.2) is 4.98 Å². The van der Waals surface area contributed by atoms with Crippen molar-refractivity contribution < 1.29 is 0 Å². The molecule has 0 radical (unpaired) electrons. The zero-order valence-corrected chi connectivity index (χ0v) is 7.80. The quantitative estimate of drug-likeness (QED) is 0.649. The molecule has 2 nitrogen and oxygen atoms in total. The van der Waals surface area contributed by atoms with Crippen LogP contribution in [0.25, 0.3) is 0 Å². The third-order valence-electron chi connectivity index (χ3n) is 2.62. The lowest BCUT2D eigenvalue weighted by Gasteiger charge is -2.04. The topological polar surface area (TPSA) is 36.7 Å². The Bertz CT molecular complexity index is 374. The van der Waals surface area contributed by atoms with Crippen LogP contribution < -0.4 is 0 Å². The van der Waals surface area contributed by atoms with Crippen LogP contribution in [0.1, 0.15) is 28.9 Å². The Morgan fingerprint density at radius 2 is 2.38 bits per heavy atom. The Labute approximate surface area is 78.2 Å². The van der Waals surface area contributed by atoms with E-state index in [9.17, 15) is 0 Å². The van der Waals surface area contributed by atoms with Crippen LogP contribution in [-0.2, 0) is 19.3 Å². The van der Waals surface area contributed by atoms with Crippen LogP contribution in [0.5, 0.6) is 0 Å². The van der Waals surface area contributed by atoms with E-state index in [2.05, 4.69) is 17.1 Å². The monoisotopic (exact) mass is 172 g/mol. The van der Waals surface area contributed by atoms with Gasteiger partial charge in [0.25, 0.3) is 0 Å². The molecule has 0 saturated carbocycles. The minimum absolute atomic E-state index is 0.492. The Morgan fingerprint density at radius 3 is 3.15 bits per heavy atom. The molecule has 2 rings (SSSR count). The summed E-state index contributed by atoms with van der Waals surface area (Å²) in [6.45, 7) is 1.99. The highest BCUT2D eigenvalue weighted by molar-refractivity contribution is 5.34. The van der Waals surface area contributed by atoms with E-state index in [1.165, 1.54) is 17.7 Å². The van der Waals surface area contributed by atoms with Gasteiger partial charge in [0.05, 0.1) is 12.5 Å². The average Bonchev–Trinajstić information content (AvgIpc) is 2.52. The van der Waals surface area contributed by atoms with Crippen molar-refractivity contribution in [2.45, 2.75) is 32.6 Å². The molecule has 1 aliphatic carbocycles. The van der Waals surface area contributed by atoms with Gasteiger partial charge in [-0.25, -0.2) is 0 Å². The first-order valence-electron chi connectivity index (χ1n) is 4.66. The normalized spacial score (nSPS) is 13.8. The van der Waals surface area contributed by atoms with E-state index in [0.29, 0.717) is 6.42 Å². The summed E-state index contributed by atoms with van der Waals surface area (Å²) in [4.78, 5) is 4.52. The minimum atomic E-state index is 0.492. The number of fused-ring (bicyclic) bond motifs is 1. The number of hydrogen-bond donors (Lipinski definition) is 0. The highest BCUT2D eigenvalue weighted by Crippen LogP contribution is 2.22. The number of nitriles is 1. The summed E-state index contributed by atoms with van der Waals surface area (Å²) in [6, 6.07) is 4.34. The number of aryl methyl sites for hydroxylation is 3. The molecule has 0 N–H and O–H groups in total. The third-order valence-corrected chi connectivity index (χ3v) is 2.62. The zero-order valence-electron chi connectivity index (χ0n) is 7.80. The maximum absolute atomic E-state index is 8.61. The van der Waals surface area contributed by atoms with Crippen molar-refractivity contribution in [1.82, 2.24) is 4.98 Å². The van der Waals surface area contributed by atoms with Crippen LogP contribution in [0.4, 0.5) is 0 Å². The highest BCUT2D eigenvalue weighted by Gasteiger charge is 2.14. The molecule has 0 unspecified atom stereocenters. The standard InChI is InChI=1S/C11H12N2/c1-8-9(5-6-12)7-10-3-2-4-11(10)13-8/h7H,2-5H2,1H3. The van der Waals surface area contributed by atoms with Crippen LogP contribution in [0, 0.1) is 18.3 Å². The third kappa shape index (κ3) is 1.42. The molecule has 66 valence electrons. The number of aromatic nitrogens is 1. The second-order valence-electron chi connectivity index (χ2n) is 3.53. The first kappa shape index (κ1) is 8.25. The van der Waals surface area contributed by atoms with E-state index >= 15 is 0 Å². The molecule has 1 aromatic heterocycles. The predicted octanol–water partition coefficient (Wildman–Crippen LogP) is 1.94. The fourth-order valence-electron chi connectivity index (χ4n) is 1.89. The summed E-state index contributed by atoms with van der Waals surface area (Å²) in [6.07, 6.45) is 3.97. The Hall–Kier alpha value is -1.36. The van der Waals surface area contributed by atoms with Crippen LogP contribution in [0.15, 0.2) is 6.07 Å². The molecule has 2 heteroatoms. The molecule has 13 heavy (non-hydrogen) atoms. The molecule has 0 spiro atoms. The smallest absolute Gasteiger partial charge is 0.0670 e. The Balaban J connectivity index is 2.44. The van der Waals surface area contributed by atoms with Gasteiger partial charge in [0.2, 0.25) is 0 Å². The first-order valence-corrected chi connectivity index (χ1v) is 4.66. The predicted molar refractivity (Wildman–Crippen MR) is 50.3 cm³/mol. The SMILES string of the molecule is Cc1nc2c(cc1CC#N)CCC2. The molecule has 0 bridgehead atoms. The van der Waals surface area contributed by atoms with E-state index in [1.54, 1.807) is 0 Å². The second-order valence-corrected chi connectivity index (χ2v) is 3.53. The average molecular weight is 172 g/mol. The van der Waals surface area contributed by atoms with Gasteiger partial charge in [-0.15, -0.1) is 0 Å². The molecule has 0 amide bonds. The van der Waals surface area contributed by atoms with Crippen molar-refractivity contribution in [1.29, 1.82) is 5.26 Å². The molecular formula is C11H12N2. The maximum Gasteiger partial charge on any atom is 0.0670 e. The summed E-state index contributed by atoms with van der Waals surface area (Å²) >= 11 is 0. The molecule has 0 atom stereocenters. The van der Waals surface area contributed by atoms with Crippen LogP contribution in [0.2, 0.25) is 0 Å². The van der Waals surface area contributed by atoms with Gasteiger partial charge in [-0.2, -0.15) is 5.26 Å². The summed E-state index contributed by atoms with van der Waals surface area (Å²) < 4.78 is 0. The molecule has 1 heterocycles. The Morgan fingerprint density at radius 1 is 1.54 bits per heavy atom. The minimum Gasteiger partial charge on any atom is -0.258 e. The fraction of sp³-hybridized carbons (Fsp3) is 0.455. The van der Waals surface area contributed by atoms with Crippen molar-refractivity contribution in [3.8, 4) is 6.07 Å². The van der Waals surface area contributed by atoms with Crippen molar-refractivity contribution in [3.05, 3.63) is 28.6 Å². The molecule has 1 aliphatic rings. The van der Waals surface area contributed by atoms with Gasteiger partial charge < -0.3 is 0 Å². The van der Waals surface area contributed by atoms with Crippen molar-refractivity contribution >= 4 is 0 Å². The maximum atomic E-state index is 8.61.